The number of benzene rings is 3. The van der Waals surface area contributed by atoms with Crippen molar-refractivity contribution in [1.29, 1.82) is 0 Å². The third-order valence-corrected chi connectivity index (χ3v) is 5.37. The summed E-state index contributed by atoms with van der Waals surface area (Å²) in [5.74, 6) is -1.26. The summed E-state index contributed by atoms with van der Waals surface area (Å²) in [5, 5.41) is 16.0. The van der Waals surface area contributed by atoms with Crippen LogP contribution < -0.4 is 15.4 Å². The lowest BCUT2D eigenvalue weighted by Crippen LogP contribution is -2.30. The van der Waals surface area contributed by atoms with Crippen LogP contribution in [0.5, 0.6) is 5.75 Å². The van der Waals surface area contributed by atoms with Gasteiger partial charge in [0.2, 0.25) is 0 Å². The average molecular weight is 528 g/mol. The van der Waals surface area contributed by atoms with Gasteiger partial charge in [0.05, 0.1) is 16.5 Å². The highest BCUT2D eigenvalue weighted by Crippen LogP contribution is 2.25. The van der Waals surface area contributed by atoms with Crippen molar-refractivity contribution in [2.45, 2.75) is 6.92 Å². The van der Waals surface area contributed by atoms with Crippen molar-refractivity contribution in [3.05, 3.63) is 103 Å². The van der Waals surface area contributed by atoms with Crippen molar-refractivity contribution < 1.29 is 23.6 Å². The molecule has 0 radical (unpaired) electrons. The van der Waals surface area contributed by atoms with Crippen LogP contribution in [-0.2, 0) is 4.79 Å². The number of nitrogens with one attached hydrogen (secondary N) is 2. The summed E-state index contributed by atoms with van der Waals surface area (Å²) in [4.78, 5) is 36.2. The van der Waals surface area contributed by atoms with Gasteiger partial charge in [0.25, 0.3) is 17.5 Å². The second-order valence-corrected chi connectivity index (χ2v) is 7.98. The van der Waals surface area contributed by atoms with E-state index in [4.69, 9.17) is 4.74 Å². The molecule has 0 atom stereocenters. The van der Waals surface area contributed by atoms with Gasteiger partial charge in [-0.1, -0.05) is 6.07 Å². The quantitative estimate of drug-likeness (QED) is 0.248. The molecule has 34 heavy (non-hydrogen) atoms. The van der Waals surface area contributed by atoms with Gasteiger partial charge in [0, 0.05) is 23.4 Å². The lowest BCUT2D eigenvalue weighted by Gasteiger charge is -2.12. The molecule has 3 aromatic carbocycles. The average Bonchev–Trinajstić information content (AvgIpc) is 2.81. The highest BCUT2D eigenvalue weighted by atomic mass is 79.9. The van der Waals surface area contributed by atoms with Gasteiger partial charge < -0.3 is 15.4 Å². The van der Waals surface area contributed by atoms with E-state index in [9.17, 15) is 24.1 Å². The summed E-state index contributed by atoms with van der Waals surface area (Å²) in [5.41, 5.74) is 1.03. The third-order valence-electron chi connectivity index (χ3n) is 4.75. The van der Waals surface area contributed by atoms with Crippen LogP contribution in [0.1, 0.15) is 21.5 Å². The number of nitro groups is 1. The maximum atomic E-state index is 13.9. The summed E-state index contributed by atoms with van der Waals surface area (Å²) < 4.78 is 19.6. The highest BCUT2D eigenvalue weighted by Gasteiger charge is 2.17. The molecule has 2 amide bonds. The molecule has 0 aliphatic carbocycles. The Balaban J connectivity index is 1.92. The van der Waals surface area contributed by atoms with Gasteiger partial charge in [0.15, 0.2) is 0 Å². The van der Waals surface area contributed by atoms with Crippen LogP contribution >= 0.6 is 15.9 Å². The van der Waals surface area contributed by atoms with Crippen molar-refractivity contribution in [2.24, 2.45) is 0 Å². The molecule has 2 N–H and O–H groups in total. The number of ether oxygens (including phenoxy) is 1. The molecule has 0 bridgehead atoms. The lowest BCUT2D eigenvalue weighted by atomic mass is 10.1. The largest absolute Gasteiger partial charge is 0.496 e. The monoisotopic (exact) mass is 527 g/mol. The lowest BCUT2D eigenvalue weighted by molar-refractivity contribution is -0.384. The standard InChI is InChI=1S/C24H19BrFN3O5/c1-14-3-7-17(13-20(14)26)27-24(31)21(11-15-4-8-18(9-5-15)29(32)33)28-23(30)16-6-10-22(34-2)19(25)12-16/h3-13H,1-2H3,(H,27,31)(H,28,30). The predicted molar refractivity (Wildman–Crippen MR) is 129 cm³/mol. The number of anilines is 1. The van der Waals surface area contributed by atoms with Crippen molar-refractivity contribution >= 4 is 45.2 Å². The summed E-state index contributed by atoms with van der Waals surface area (Å²) in [6.07, 6.45) is 1.36. The summed E-state index contributed by atoms with van der Waals surface area (Å²) in [6, 6.07) is 14.3. The van der Waals surface area contributed by atoms with Crippen LogP contribution in [0.15, 0.2) is 70.8 Å². The Morgan fingerprint density at radius 2 is 1.79 bits per heavy atom. The first-order valence-corrected chi connectivity index (χ1v) is 10.7. The maximum Gasteiger partial charge on any atom is 0.272 e. The third kappa shape index (κ3) is 6.04. The topological polar surface area (TPSA) is 111 Å². The molecule has 174 valence electrons. The Hall–Kier alpha value is -4.05. The minimum Gasteiger partial charge on any atom is -0.496 e. The van der Waals surface area contributed by atoms with Crippen molar-refractivity contribution in [1.82, 2.24) is 5.32 Å². The molecule has 0 saturated carbocycles. The number of rotatable bonds is 7. The molecule has 0 aliphatic heterocycles. The number of nitrogens with zero attached hydrogens (tertiary/aromatic N) is 1. The summed E-state index contributed by atoms with van der Waals surface area (Å²) in [7, 11) is 1.49. The Morgan fingerprint density at radius 3 is 2.38 bits per heavy atom. The zero-order valence-electron chi connectivity index (χ0n) is 18.1. The fourth-order valence-corrected chi connectivity index (χ4v) is 3.43. The van der Waals surface area contributed by atoms with Gasteiger partial charge in [-0.15, -0.1) is 0 Å². The molecule has 0 aliphatic rings. The molecule has 0 unspecified atom stereocenters. The number of non-ortho nitro benzene ring substituents is 1. The van der Waals surface area contributed by atoms with E-state index in [1.807, 2.05) is 0 Å². The van der Waals surface area contributed by atoms with Gasteiger partial charge in [-0.05, 0) is 82.5 Å². The van der Waals surface area contributed by atoms with E-state index in [0.717, 1.165) is 0 Å². The van der Waals surface area contributed by atoms with Crippen LogP contribution in [0.4, 0.5) is 15.8 Å². The van der Waals surface area contributed by atoms with E-state index in [-0.39, 0.29) is 22.6 Å². The van der Waals surface area contributed by atoms with E-state index in [1.165, 1.54) is 67.8 Å². The Morgan fingerprint density at radius 1 is 1.09 bits per heavy atom. The molecule has 0 fully saturated rings. The van der Waals surface area contributed by atoms with Crippen LogP contribution in [0.2, 0.25) is 0 Å². The molecule has 0 heterocycles. The van der Waals surface area contributed by atoms with Gasteiger partial charge in [-0.3, -0.25) is 19.7 Å². The zero-order valence-corrected chi connectivity index (χ0v) is 19.7. The molecule has 0 aromatic heterocycles. The number of halogens is 2. The number of nitro benzene ring substituents is 1. The van der Waals surface area contributed by atoms with Crippen LogP contribution in [0, 0.1) is 22.9 Å². The molecule has 0 spiro atoms. The number of hydrogen-bond acceptors (Lipinski definition) is 5. The number of carbonyl (C=O) groups excluding carboxylic acids is 2. The van der Waals surface area contributed by atoms with Crippen LogP contribution in [0.3, 0.4) is 0 Å². The van der Waals surface area contributed by atoms with Crippen molar-refractivity contribution in [2.75, 3.05) is 12.4 Å². The summed E-state index contributed by atoms with van der Waals surface area (Å²) >= 11 is 3.31. The molecule has 8 nitrogen and oxygen atoms in total. The number of hydrogen-bond donors (Lipinski definition) is 2. The minimum absolute atomic E-state index is 0.120. The molecule has 3 aromatic rings. The number of amides is 2. The number of methoxy groups -OCH3 is 1. The van der Waals surface area contributed by atoms with E-state index in [2.05, 4.69) is 26.6 Å². The van der Waals surface area contributed by atoms with Crippen molar-refractivity contribution in [3.8, 4) is 5.75 Å². The van der Waals surface area contributed by atoms with E-state index in [1.54, 1.807) is 13.0 Å². The minimum atomic E-state index is -0.706. The second kappa shape index (κ2) is 10.7. The molecule has 3 rings (SSSR count). The first kappa shape index (κ1) is 24.6. The fraction of sp³-hybridized carbons (Fsp3) is 0.0833. The van der Waals surface area contributed by atoms with Crippen LogP contribution in [-0.4, -0.2) is 23.8 Å². The van der Waals surface area contributed by atoms with Gasteiger partial charge in [0.1, 0.15) is 17.3 Å². The van der Waals surface area contributed by atoms with Gasteiger partial charge in [-0.2, -0.15) is 0 Å². The second-order valence-electron chi connectivity index (χ2n) is 7.13. The Bertz CT molecular complexity index is 1290. The van der Waals surface area contributed by atoms with E-state index < -0.39 is 22.6 Å². The van der Waals surface area contributed by atoms with Gasteiger partial charge in [-0.25, -0.2) is 4.39 Å². The predicted octanol–water partition coefficient (Wildman–Crippen LogP) is 5.22. The van der Waals surface area contributed by atoms with Crippen LogP contribution in [0.25, 0.3) is 6.08 Å². The SMILES string of the molecule is COc1ccc(C(=O)NC(=Cc2ccc([N+](=O)[O-])cc2)C(=O)Nc2ccc(C)c(F)c2)cc1Br. The van der Waals surface area contributed by atoms with E-state index >= 15 is 0 Å². The molecule has 10 heteroatoms. The first-order chi connectivity index (χ1) is 16.2. The fourth-order valence-electron chi connectivity index (χ4n) is 2.89. The van der Waals surface area contributed by atoms with E-state index in [0.29, 0.717) is 21.3 Å². The van der Waals surface area contributed by atoms with Crippen molar-refractivity contribution in [3.63, 3.8) is 0 Å². The number of aryl methyl sites for hydroxylation is 1. The smallest absolute Gasteiger partial charge is 0.272 e. The Labute approximate surface area is 202 Å². The zero-order chi connectivity index (χ0) is 24.8. The molecule has 0 saturated heterocycles. The Kier molecular flexibility index (Phi) is 7.75. The number of carbonyl (C=O) groups is 2. The molecular formula is C24H19BrFN3O5. The molecular weight excluding hydrogens is 509 g/mol. The normalized spacial score (nSPS) is 11.0. The van der Waals surface area contributed by atoms with Gasteiger partial charge >= 0.3 is 0 Å². The summed E-state index contributed by atoms with van der Waals surface area (Å²) in [6.45, 7) is 1.59. The maximum absolute atomic E-state index is 13.9. The first-order valence-electron chi connectivity index (χ1n) is 9.86. The highest BCUT2D eigenvalue weighted by molar-refractivity contribution is 9.10.